The minimum Gasteiger partial charge on any atom is -0.444 e. The Balaban J connectivity index is 1.85. The number of nitrogens with one attached hydrogen (secondary N) is 1. The van der Waals surface area contributed by atoms with Gasteiger partial charge < -0.3 is 15.8 Å². The molecule has 23 heavy (non-hydrogen) atoms. The number of amides is 1. The Morgan fingerprint density at radius 3 is 2.52 bits per heavy atom. The van der Waals surface area contributed by atoms with Gasteiger partial charge in [-0.2, -0.15) is 0 Å². The van der Waals surface area contributed by atoms with Gasteiger partial charge in [0.25, 0.3) is 0 Å². The summed E-state index contributed by atoms with van der Waals surface area (Å²) in [6, 6.07) is 0.794. The molecule has 0 radical (unpaired) electrons. The Bertz CT molecular complexity index is 391. The van der Waals surface area contributed by atoms with Gasteiger partial charge in [-0.3, -0.25) is 9.80 Å². The fourth-order valence-corrected chi connectivity index (χ4v) is 3.73. The summed E-state index contributed by atoms with van der Waals surface area (Å²) >= 11 is 0. The summed E-state index contributed by atoms with van der Waals surface area (Å²) < 4.78 is 5.35. The lowest BCUT2D eigenvalue weighted by Gasteiger charge is -2.33. The number of ether oxygens (including phenoxy) is 1. The minimum atomic E-state index is -0.476. The third kappa shape index (κ3) is 5.33. The fourth-order valence-electron chi connectivity index (χ4n) is 3.73. The summed E-state index contributed by atoms with van der Waals surface area (Å²) in [5.41, 5.74) is 5.53. The highest BCUT2D eigenvalue weighted by Gasteiger charge is 2.34. The smallest absolute Gasteiger partial charge is 0.407 e. The van der Waals surface area contributed by atoms with Crippen molar-refractivity contribution in [3.8, 4) is 0 Å². The van der Waals surface area contributed by atoms with Crippen LogP contribution in [0.2, 0.25) is 0 Å². The summed E-state index contributed by atoms with van der Waals surface area (Å²) in [5, 5.41) is 2.95. The summed E-state index contributed by atoms with van der Waals surface area (Å²) in [6.45, 7) is 12.8. The molecule has 0 bridgehead atoms. The molecule has 2 rings (SSSR count). The van der Waals surface area contributed by atoms with Gasteiger partial charge in [0, 0.05) is 37.8 Å². The lowest BCUT2D eigenvalue weighted by atomic mass is 10.1. The van der Waals surface area contributed by atoms with Gasteiger partial charge in [-0.15, -0.1) is 0 Å². The zero-order valence-corrected chi connectivity index (χ0v) is 15.2. The number of hydrogen-bond acceptors (Lipinski definition) is 5. The van der Waals surface area contributed by atoms with E-state index in [1.54, 1.807) is 0 Å². The largest absolute Gasteiger partial charge is 0.444 e. The second kappa shape index (κ2) is 7.81. The molecule has 6 heteroatoms. The Kier molecular flexibility index (Phi) is 6.28. The lowest BCUT2D eigenvalue weighted by Crippen LogP contribution is -2.54. The first-order valence-electron chi connectivity index (χ1n) is 8.98. The van der Waals surface area contributed by atoms with Crippen LogP contribution in [0.25, 0.3) is 0 Å². The van der Waals surface area contributed by atoms with Crippen LogP contribution in [0.5, 0.6) is 0 Å². The van der Waals surface area contributed by atoms with Crippen LogP contribution in [0.3, 0.4) is 0 Å². The van der Waals surface area contributed by atoms with Crippen LogP contribution >= 0.6 is 0 Å². The fraction of sp³-hybridized carbons (Fsp3) is 0.941. The molecule has 2 aliphatic heterocycles. The standard InChI is InChI=1S/C17H34N4O2/c1-13(19-16(22)23-17(2,3)4)15(11-18)21-10-7-14(12-21)20-8-5-6-9-20/h13-15H,5-12,18H2,1-4H3,(H,19,22). The molecule has 2 heterocycles. The molecule has 0 aromatic carbocycles. The van der Waals surface area contributed by atoms with Crippen molar-refractivity contribution in [3.63, 3.8) is 0 Å². The summed E-state index contributed by atoms with van der Waals surface area (Å²) in [5.74, 6) is 0. The SMILES string of the molecule is CC(NC(=O)OC(C)(C)C)C(CN)N1CCC(N2CCCC2)C1. The van der Waals surface area contributed by atoms with Crippen molar-refractivity contribution in [3.05, 3.63) is 0 Å². The summed E-state index contributed by atoms with van der Waals surface area (Å²) in [4.78, 5) is 17.0. The first-order chi connectivity index (χ1) is 10.8. The van der Waals surface area contributed by atoms with Gasteiger partial charge in [0.05, 0.1) is 0 Å². The van der Waals surface area contributed by atoms with Crippen LogP contribution in [-0.2, 0) is 4.74 Å². The van der Waals surface area contributed by atoms with Crippen molar-refractivity contribution in [2.45, 2.75) is 70.7 Å². The van der Waals surface area contributed by atoms with Gasteiger partial charge in [0.15, 0.2) is 0 Å². The molecule has 0 aromatic rings. The highest BCUT2D eigenvalue weighted by molar-refractivity contribution is 5.68. The molecular formula is C17H34N4O2. The summed E-state index contributed by atoms with van der Waals surface area (Å²) in [7, 11) is 0. The van der Waals surface area contributed by atoms with E-state index in [4.69, 9.17) is 10.5 Å². The van der Waals surface area contributed by atoms with Crippen LogP contribution in [-0.4, -0.2) is 72.3 Å². The second-order valence-electron chi connectivity index (χ2n) is 7.92. The quantitative estimate of drug-likeness (QED) is 0.799. The average molecular weight is 326 g/mol. The Labute approximate surface area is 140 Å². The predicted molar refractivity (Wildman–Crippen MR) is 92.5 cm³/mol. The number of nitrogens with zero attached hydrogens (tertiary/aromatic N) is 2. The van der Waals surface area contributed by atoms with Crippen LogP contribution in [0.1, 0.15) is 47.0 Å². The van der Waals surface area contributed by atoms with Crippen molar-refractivity contribution >= 4 is 6.09 Å². The Hall–Kier alpha value is -0.850. The van der Waals surface area contributed by atoms with Crippen molar-refractivity contribution in [1.29, 1.82) is 0 Å². The minimum absolute atomic E-state index is 0.0211. The van der Waals surface area contributed by atoms with Gasteiger partial charge in [-0.1, -0.05) is 0 Å². The third-order valence-electron chi connectivity index (χ3n) is 4.88. The molecule has 2 aliphatic rings. The summed E-state index contributed by atoms with van der Waals surface area (Å²) in [6.07, 6.45) is 3.50. The molecule has 3 unspecified atom stereocenters. The number of hydrogen-bond donors (Lipinski definition) is 2. The van der Waals surface area contributed by atoms with Crippen LogP contribution in [0.15, 0.2) is 0 Å². The normalized spacial score (nSPS) is 26.2. The van der Waals surface area contributed by atoms with E-state index in [1.807, 2.05) is 27.7 Å². The van der Waals surface area contributed by atoms with E-state index < -0.39 is 5.60 Å². The van der Waals surface area contributed by atoms with E-state index in [2.05, 4.69) is 15.1 Å². The highest BCUT2D eigenvalue weighted by atomic mass is 16.6. The molecule has 1 amide bonds. The lowest BCUT2D eigenvalue weighted by molar-refractivity contribution is 0.0475. The average Bonchev–Trinajstić information content (AvgIpc) is 3.07. The molecule has 2 fully saturated rings. The van der Waals surface area contributed by atoms with E-state index in [0.717, 1.165) is 13.1 Å². The van der Waals surface area contributed by atoms with Crippen molar-refractivity contribution < 1.29 is 9.53 Å². The Morgan fingerprint density at radius 1 is 1.30 bits per heavy atom. The zero-order chi connectivity index (χ0) is 17.0. The Morgan fingerprint density at radius 2 is 1.96 bits per heavy atom. The van der Waals surface area contributed by atoms with Gasteiger partial charge >= 0.3 is 6.09 Å². The number of carbonyl (C=O) groups is 1. The number of alkyl carbamates (subject to hydrolysis) is 1. The molecular weight excluding hydrogens is 292 g/mol. The van der Waals surface area contributed by atoms with E-state index in [-0.39, 0.29) is 18.2 Å². The molecule has 0 spiro atoms. The van der Waals surface area contributed by atoms with E-state index in [0.29, 0.717) is 12.6 Å². The number of rotatable bonds is 5. The molecule has 3 N–H and O–H groups in total. The van der Waals surface area contributed by atoms with E-state index in [9.17, 15) is 4.79 Å². The van der Waals surface area contributed by atoms with Crippen molar-refractivity contribution in [1.82, 2.24) is 15.1 Å². The zero-order valence-electron chi connectivity index (χ0n) is 15.2. The molecule has 0 aromatic heterocycles. The number of nitrogens with two attached hydrogens (primary N) is 1. The van der Waals surface area contributed by atoms with Gasteiger partial charge in [0.1, 0.15) is 5.60 Å². The van der Waals surface area contributed by atoms with Crippen molar-refractivity contribution in [2.24, 2.45) is 5.73 Å². The van der Waals surface area contributed by atoms with Gasteiger partial charge in [0.2, 0.25) is 0 Å². The highest BCUT2D eigenvalue weighted by Crippen LogP contribution is 2.22. The maximum Gasteiger partial charge on any atom is 0.407 e. The molecule has 2 saturated heterocycles. The topological polar surface area (TPSA) is 70.8 Å². The van der Waals surface area contributed by atoms with Crippen molar-refractivity contribution in [2.75, 3.05) is 32.7 Å². The molecule has 134 valence electrons. The van der Waals surface area contributed by atoms with E-state index >= 15 is 0 Å². The first kappa shape index (κ1) is 18.5. The van der Waals surface area contributed by atoms with Crippen LogP contribution in [0, 0.1) is 0 Å². The van der Waals surface area contributed by atoms with Gasteiger partial charge in [-0.25, -0.2) is 4.79 Å². The first-order valence-corrected chi connectivity index (χ1v) is 8.98. The van der Waals surface area contributed by atoms with Crippen LogP contribution < -0.4 is 11.1 Å². The maximum atomic E-state index is 12.0. The molecule has 6 nitrogen and oxygen atoms in total. The molecule has 0 aliphatic carbocycles. The molecule has 3 atom stereocenters. The predicted octanol–water partition coefficient (Wildman–Crippen LogP) is 1.40. The number of likely N-dealkylation sites (tertiary alicyclic amines) is 2. The maximum absolute atomic E-state index is 12.0. The number of carbonyl (C=O) groups excluding carboxylic acids is 1. The van der Waals surface area contributed by atoms with Gasteiger partial charge in [-0.05, 0) is 60.0 Å². The van der Waals surface area contributed by atoms with Crippen LogP contribution in [0.4, 0.5) is 4.79 Å². The monoisotopic (exact) mass is 326 g/mol. The third-order valence-corrected chi connectivity index (χ3v) is 4.88. The van der Waals surface area contributed by atoms with E-state index in [1.165, 1.54) is 32.4 Å². The second-order valence-corrected chi connectivity index (χ2v) is 7.92. The molecule has 0 saturated carbocycles.